The second kappa shape index (κ2) is 4.07. The Labute approximate surface area is 69.1 Å². The van der Waals surface area contributed by atoms with E-state index in [1.165, 1.54) is 0 Å². The van der Waals surface area contributed by atoms with Crippen LogP contribution in [0.2, 0.25) is 0 Å². The molecule has 0 spiro atoms. The largest absolute Gasteiger partial charge is 0.378 e. The first-order chi connectivity index (χ1) is 5.24. The first kappa shape index (κ1) is 9.01. The molecule has 1 fully saturated rings. The maximum Gasteiger partial charge on any atom is 0.0601 e. The van der Waals surface area contributed by atoms with E-state index >= 15 is 0 Å². The average molecular weight is 157 g/mol. The molecule has 0 aliphatic carbocycles. The molecule has 11 heavy (non-hydrogen) atoms. The summed E-state index contributed by atoms with van der Waals surface area (Å²) in [5.74, 6) is 1.35. The van der Waals surface area contributed by atoms with Gasteiger partial charge in [-0.25, -0.2) is 0 Å². The van der Waals surface area contributed by atoms with Crippen LogP contribution in [0.4, 0.5) is 0 Å². The van der Waals surface area contributed by atoms with E-state index in [0.717, 1.165) is 26.0 Å². The molecule has 1 aliphatic rings. The SMILES string of the molecule is CC(C)C1CC(CN)CCO1. The van der Waals surface area contributed by atoms with Crippen LogP contribution in [0.3, 0.4) is 0 Å². The van der Waals surface area contributed by atoms with E-state index < -0.39 is 0 Å². The highest BCUT2D eigenvalue weighted by Crippen LogP contribution is 2.23. The third-order valence-electron chi connectivity index (χ3n) is 2.50. The maximum absolute atomic E-state index is 5.62. The average Bonchev–Trinajstić information content (AvgIpc) is 2.05. The molecule has 2 N–H and O–H groups in total. The van der Waals surface area contributed by atoms with Crippen molar-refractivity contribution in [1.82, 2.24) is 0 Å². The van der Waals surface area contributed by atoms with Crippen LogP contribution in [0.1, 0.15) is 26.7 Å². The first-order valence-electron chi connectivity index (χ1n) is 4.55. The fraction of sp³-hybridized carbons (Fsp3) is 1.00. The molecule has 2 atom stereocenters. The van der Waals surface area contributed by atoms with E-state index in [9.17, 15) is 0 Å². The Balaban J connectivity index is 2.33. The summed E-state index contributed by atoms with van der Waals surface area (Å²) < 4.78 is 5.62. The van der Waals surface area contributed by atoms with Crippen LogP contribution in [-0.2, 0) is 4.74 Å². The zero-order valence-electron chi connectivity index (χ0n) is 7.55. The van der Waals surface area contributed by atoms with Crippen molar-refractivity contribution in [2.75, 3.05) is 13.2 Å². The summed E-state index contributed by atoms with van der Waals surface area (Å²) in [5.41, 5.74) is 5.61. The van der Waals surface area contributed by atoms with Gasteiger partial charge in [-0.3, -0.25) is 0 Å². The fourth-order valence-electron chi connectivity index (χ4n) is 1.58. The third-order valence-corrected chi connectivity index (χ3v) is 2.50. The molecule has 2 unspecified atom stereocenters. The smallest absolute Gasteiger partial charge is 0.0601 e. The van der Waals surface area contributed by atoms with Crippen LogP contribution < -0.4 is 5.73 Å². The molecule has 0 saturated carbocycles. The highest BCUT2D eigenvalue weighted by atomic mass is 16.5. The summed E-state index contributed by atoms with van der Waals surface area (Å²) in [6, 6.07) is 0. The monoisotopic (exact) mass is 157 g/mol. The second-order valence-corrected chi connectivity index (χ2v) is 3.78. The van der Waals surface area contributed by atoms with Crippen molar-refractivity contribution in [2.45, 2.75) is 32.8 Å². The van der Waals surface area contributed by atoms with Crippen LogP contribution >= 0.6 is 0 Å². The van der Waals surface area contributed by atoms with Crippen molar-refractivity contribution in [3.63, 3.8) is 0 Å². The van der Waals surface area contributed by atoms with Crippen molar-refractivity contribution < 1.29 is 4.74 Å². The zero-order chi connectivity index (χ0) is 8.27. The van der Waals surface area contributed by atoms with Gasteiger partial charge in [0, 0.05) is 6.61 Å². The van der Waals surface area contributed by atoms with Gasteiger partial charge in [-0.2, -0.15) is 0 Å². The van der Waals surface area contributed by atoms with Crippen molar-refractivity contribution in [3.05, 3.63) is 0 Å². The highest BCUT2D eigenvalue weighted by molar-refractivity contribution is 4.74. The Kier molecular flexibility index (Phi) is 3.34. The number of hydrogen-bond donors (Lipinski definition) is 1. The summed E-state index contributed by atoms with van der Waals surface area (Å²) in [6.07, 6.45) is 2.77. The summed E-state index contributed by atoms with van der Waals surface area (Å²) in [5, 5.41) is 0. The minimum absolute atomic E-state index is 0.456. The molecule has 0 amide bonds. The molecule has 0 aromatic heterocycles. The van der Waals surface area contributed by atoms with Gasteiger partial charge in [0.15, 0.2) is 0 Å². The number of hydrogen-bond acceptors (Lipinski definition) is 2. The van der Waals surface area contributed by atoms with Gasteiger partial charge >= 0.3 is 0 Å². The van der Waals surface area contributed by atoms with Crippen LogP contribution in [0.15, 0.2) is 0 Å². The second-order valence-electron chi connectivity index (χ2n) is 3.78. The van der Waals surface area contributed by atoms with Crippen molar-refractivity contribution in [3.8, 4) is 0 Å². The van der Waals surface area contributed by atoms with Crippen LogP contribution in [-0.4, -0.2) is 19.3 Å². The van der Waals surface area contributed by atoms with Gasteiger partial charge in [-0.15, -0.1) is 0 Å². The van der Waals surface area contributed by atoms with Gasteiger partial charge in [0.25, 0.3) is 0 Å². The minimum Gasteiger partial charge on any atom is -0.378 e. The Bertz CT molecular complexity index is 114. The Hall–Kier alpha value is -0.0800. The molecule has 0 aromatic carbocycles. The number of rotatable bonds is 2. The molecule has 1 saturated heterocycles. The van der Waals surface area contributed by atoms with Gasteiger partial charge in [0.1, 0.15) is 0 Å². The molecular weight excluding hydrogens is 138 g/mol. The summed E-state index contributed by atoms with van der Waals surface area (Å²) in [4.78, 5) is 0. The highest BCUT2D eigenvalue weighted by Gasteiger charge is 2.23. The van der Waals surface area contributed by atoms with Gasteiger partial charge < -0.3 is 10.5 Å². The first-order valence-corrected chi connectivity index (χ1v) is 4.55. The summed E-state index contributed by atoms with van der Waals surface area (Å²) in [6.45, 7) is 6.16. The predicted octanol–water partition coefficient (Wildman–Crippen LogP) is 1.40. The Morgan fingerprint density at radius 3 is 2.82 bits per heavy atom. The lowest BCUT2D eigenvalue weighted by Gasteiger charge is -2.31. The quantitative estimate of drug-likeness (QED) is 0.657. The lowest BCUT2D eigenvalue weighted by atomic mass is 9.90. The minimum atomic E-state index is 0.456. The number of nitrogens with two attached hydrogens (primary N) is 1. The van der Waals surface area contributed by atoms with Crippen LogP contribution in [0.5, 0.6) is 0 Å². The van der Waals surface area contributed by atoms with Gasteiger partial charge in [0.2, 0.25) is 0 Å². The van der Waals surface area contributed by atoms with Crippen LogP contribution in [0, 0.1) is 11.8 Å². The summed E-state index contributed by atoms with van der Waals surface area (Å²) >= 11 is 0. The molecular formula is C9H19NO. The standard InChI is InChI=1S/C9H19NO/c1-7(2)9-5-8(6-10)3-4-11-9/h7-9H,3-6,10H2,1-2H3. The molecule has 1 heterocycles. The van der Waals surface area contributed by atoms with E-state index in [1.54, 1.807) is 0 Å². The van der Waals surface area contributed by atoms with Crippen molar-refractivity contribution in [2.24, 2.45) is 17.6 Å². The molecule has 0 radical (unpaired) electrons. The van der Waals surface area contributed by atoms with Gasteiger partial charge in [-0.1, -0.05) is 13.8 Å². The molecule has 1 rings (SSSR count). The fourth-order valence-corrected chi connectivity index (χ4v) is 1.58. The van der Waals surface area contributed by atoms with Crippen LogP contribution in [0.25, 0.3) is 0 Å². The topological polar surface area (TPSA) is 35.2 Å². The molecule has 2 nitrogen and oxygen atoms in total. The Morgan fingerprint density at radius 1 is 1.55 bits per heavy atom. The van der Waals surface area contributed by atoms with E-state index in [-0.39, 0.29) is 0 Å². The predicted molar refractivity (Wildman–Crippen MR) is 46.4 cm³/mol. The molecule has 0 aromatic rings. The van der Waals surface area contributed by atoms with Crippen molar-refractivity contribution in [1.29, 1.82) is 0 Å². The summed E-state index contributed by atoms with van der Waals surface area (Å²) in [7, 11) is 0. The number of ether oxygens (including phenoxy) is 1. The third kappa shape index (κ3) is 2.46. The van der Waals surface area contributed by atoms with Gasteiger partial charge in [0.05, 0.1) is 6.10 Å². The maximum atomic E-state index is 5.62. The van der Waals surface area contributed by atoms with Gasteiger partial charge in [-0.05, 0) is 31.2 Å². The molecule has 2 heteroatoms. The molecule has 0 bridgehead atoms. The normalized spacial score (nSPS) is 32.7. The van der Waals surface area contributed by atoms with E-state index in [1.807, 2.05) is 0 Å². The van der Waals surface area contributed by atoms with E-state index in [0.29, 0.717) is 17.9 Å². The Morgan fingerprint density at radius 2 is 2.27 bits per heavy atom. The van der Waals surface area contributed by atoms with E-state index in [2.05, 4.69) is 13.8 Å². The lowest BCUT2D eigenvalue weighted by molar-refractivity contribution is -0.0321. The van der Waals surface area contributed by atoms with E-state index in [4.69, 9.17) is 10.5 Å². The molecule has 66 valence electrons. The zero-order valence-corrected chi connectivity index (χ0v) is 7.55. The molecule has 1 aliphatic heterocycles. The van der Waals surface area contributed by atoms with Crippen molar-refractivity contribution >= 4 is 0 Å². The lowest BCUT2D eigenvalue weighted by Crippen LogP contribution is -2.32.